The van der Waals surface area contributed by atoms with Gasteiger partial charge in [-0.05, 0) is 36.6 Å². The van der Waals surface area contributed by atoms with E-state index >= 15 is 0 Å². The predicted molar refractivity (Wildman–Crippen MR) is 104 cm³/mol. The molecule has 6 nitrogen and oxygen atoms in total. The van der Waals surface area contributed by atoms with Crippen LogP contribution in [0.2, 0.25) is 0 Å². The van der Waals surface area contributed by atoms with Gasteiger partial charge in [-0.2, -0.15) is 0 Å². The zero-order valence-electron chi connectivity index (χ0n) is 14.7. The summed E-state index contributed by atoms with van der Waals surface area (Å²) in [5, 5.41) is 5.80. The van der Waals surface area contributed by atoms with Crippen molar-refractivity contribution in [3.63, 3.8) is 0 Å². The molecule has 0 saturated heterocycles. The van der Waals surface area contributed by atoms with Gasteiger partial charge in [0.25, 0.3) is 0 Å². The second-order valence-corrected chi connectivity index (χ2v) is 7.38. The first-order valence-electron chi connectivity index (χ1n) is 7.94. The van der Waals surface area contributed by atoms with E-state index < -0.39 is 0 Å². The Hall–Kier alpha value is -2.32. The highest BCUT2D eigenvalue weighted by Crippen LogP contribution is 2.30. The van der Waals surface area contributed by atoms with Gasteiger partial charge in [0, 0.05) is 5.56 Å². The molecule has 0 radical (unpaired) electrons. The Bertz CT molecular complexity index is 914. The Morgan fingerprint density at radius 2 is 2.12 bits per heavy atom. The summed E-state index contributed by atoms with van der Waals surface area (Å²) < 4.78 is 11.7. The molecular formula is C18H19N3O3S2. The van der Waals surface area contributed by atoms with Crippen LogP contribution in [0.5, 0.6) is 11.5 Å². The van der Waals surface area contributed by atoms with Crippen molar-refractivity contribution in [2.75, 3.05) is 20.0 Å². The number of nitrogens with one attached hydrogen (secondary N) is 1. The van der Waals surface area contributed by atoms with Crippen LogP contribution in [-0.2, 0) is 4.79 Å². The molecule has 0 aliphatic carbocycles. The molecule has 3 aromatic rings. The van der Waals surface area contributed by atoms with Crippen molar-refractivity contribution in [2.24, 2.45) is 0 Å². The highest BCUT2D eigenvalue weighted by molar-refractivity contribution is 8.00. The number of methoxy groups -OCH3 is 2. The topological polar surface area (TPSA) is 73.3 Å². The van der Waals surface area contributed by atoms with Crippen molar-refractivity contribution in [2.45, 2.75) is 18.0 Å². The van der Waals surface area contributed by atoms with Crippen LogP contribution in [0.4, 0.5) is 0 Å². The number of rotatable bonds is 7. The lowest BCUT2D eigenvalue weighted by molar-refractivity contribution is -0.119. The first kappa shape index (κ1) is 18.5. The lowest BCUT2D eigenvalue weighted by Gasteiger charge is -2.18. The number of ether oxygens (including phenoxy) is 2. The SMILES string of the molecule is COc1ccc(OC)c([C@@H](C)NC(=O)CSc2ncnc3ccsc23)c1. The third-order valence-electron chi connectivity index (χ3n) is 3.83. The molecule has 2 aromatic heterocycles. The minimum absolute atomic E-state index is 0.0734. The second kappa shape index (κ2) is 8.37. The number of thiophene rings is 1. The predicted octanol–water partition coefficient (Wildman–Crippen LogP) is 3.68. The summed E-state index contributed by atoms with van der Waals surface area (Å²) in [5.74, 6) is 1.64. The van der Waals surface area contributed by atoms with E-state index in [2.05, 4.69) is 15.3 Å². The van der Waals surface area contributed by atoms with Gasteiger partial charge in [0.05, 0.1) is 36.2 Å². The Morgan fingerprint density at radius 1 is 1.27 bits per heavy atom. The van der Waals surface area contributed by atoms with Crippen molar-refractivity contribution in [1.82, 2.24) is 15.3 Å². The molecule has 0 saturated carbocycles. The van der Waals surface area contributed by atoms with Crippen LogP contribution in [0.1, 0.15) is 18.5 Å². The van der Waals surface area contributed by atoms with Crippen LogP contribution < -0.4 is 14.8 Å². The normalized spacial score (nSPS) is 12.0. The molecule has 2 heterocycles. The minimum atomic E-state index is -0.208. The van der Waals surface area contributed by atoms with Crippen LogP contribution in [0.3, 0.4) is 0 Å². The first-order valence-corrected chi connectivity index (χ1v) is 9.81. The Balaban J connectivity index is 1.65. The summed E-state index contributed by atoms with van der Waals surface area (Å²) in [6.07, 6.45) is 1.53. The Morgan fingerprint density at radius 3 is 2.88 bits per heavy atom. The van der Waals surface area contributed by atoms with Crippen molar-refractivity contribution in [3.8, 4) is 11.5 Å². The van der Waals surface area contributed by atoms with Gasteiger partial charge in [-0.25, -0.2) is 9.97 Å². The van der Waals surface area contributed by atoms with E-state index in [1.807, 2.05) is 36.6 Å². The third-order valence-corrected chi connectivity index (χ3v) is 5.86. The molecular weight excluding hydrogens is 370 g/mol. The fourth-order valence-corrected chi connectivity index (χ4v) is 4.30. The van der Waals surface area contributed by atoms with Gasteiger partial charge >= 0.3 is 0 Å². The number of hydrogen-bond acceptors (Lipinski definition) is 7. The number of nitrogens with zero attached hydrogens (tertiary/aromatic N) is 2. The minimum Gasteiger partial charge on any atom is -0.497 e. The largest absolute Gasteiger partial charge is 0.497 e. The van der Waals surface area contributed by atoms with E-state index in [9.17, 15) is 4.79 Å². The first-order chi connectivity index (χ1) is 12.6. The van der Waals surface area contributed by atoms with Crippen molar-refractivity contribution >= 4 is 39.2 Å². The Kier molecular flexibility index (Phi) is 5.95. The maximum atomic E-state index is 12.4. The lowest BCUT2D eigenvalue weighted by Crippen LogP contribution is -2.28. The molecule has 1 aromatic carbocycles. The number of fused-ring (bicyclic) bond motifs is 1. The molecule has 3 rings (SSSR count). The van der Waals surface area contributed by atoms with Gasteiger partial charge in [0.2, 0.25) is 5.91 Å². The Labute approximate surface area is 160 Å². The van der Waals surface area contributed by atoms with Crippen molar-refractivity contribution in [3.05, 3.63) is 41.5 Å². The van der Waals surface area contributed by atoms with Crippen LogP contribution in [-0.4, -0.2) is 35.8 Å². The lowest BCUT2D eigenvalue weighted by atomic mass is 10.1. The fraction of sp³-hybridized carbons (Fsp3) is 0.278. The molecule has 0 aliphatic heterocycles. The monoisotopic (exact) mass is 389 g/mol. The number of thioether (sulfide) groups is 1. The average Bonchev–Trinajstić information content (AvgIpc) is 3.15. The number of carbonyl (C=O) groups is 1. The maximum absolute atomic E-state index is 12.4. The van der Waals surface area contributed by atoms with Gasteiger partial charge in [0.15, 0.2) is 0 Å². The molecule has 0 fully saturated rings. The number of amides is 1. The number of aromatic nitrogens is 2. The molecule has 0 spiro atoms. The zero-order valence-corrected chi connectivity index (χ0v) is 16.3. The molecule has 8 heteroatoms. The van der Waals surface area contributed by atoms with E-state index in [0.29, 0.717) is 5.75 Å². The van der Waals surface area contributed by atoms with Crippen LogP contribution in [0.15, 0.2) is 41.0 Å². The van der Waals surface area contributed by atoms with Gasteiger partial charge in [-0.15, -0.1) is 11.3 Å². The number of benzene rings is 1. The summed E-state index contributed by atoms with van der Waals surface area (Å²) in [7, 11) is 3.22. The summed E-state index contributed by atoms with van der Waals surface area (Å²) in [4.78, 5) is 20.9. The molecule has 1 atom stereocenters. The van der Waals surface area contributed by atoms with E-state index in [-0.39, 0.29) is 17.7 Å². The summed E-state index contributed by atoms with van der Waals surface area (Å²) >= 11 is 2.99. The van der Waals surface area contributed by atoms with Gasteiger partial charge in [-0.1, -0.05) is 11.8 Å². The standard InChI is InChI=1S/C18H19N3O3S2/c1-11(13-8-12(23-2)4-5-15(13)24-3)21-16(22)9-26-18-17-14(6-7-25-17)19-10-20-18/h4-8,10-11H,9H2,1-3H3,(H,21,22)/t11-/m1/s1. The van der Waals surface area contributed by atoms with E-state index in [1.54, 1.807) is 25.6 Å². The number of hydrogen-bond donors (Lipinski definition) is 1. The molecule has 0 bridgehead atoms. The average molecular weight is 390 g/mol. The molecule has 136 valence electrons. The van der Waals surface area contributed by atoms with Crippen molar-refractivity contribution in [1.29, 1.82) is 0 Å². The zero-order chi connectivity index (χ0) is 18.5. The second-order valence-electron chi connectivity index (χ2n) is 5.50. The van der Waals surface area contributed by atoms with E-state index in [1.165, 1.54) is 18.1 Å². The summed E-state index contributed by atoms with van der Waals surface area (Å²) in [6, 6.07) is 7.27. The highest BCUT2D eigenvalue weighted by atomic mass is 32.2. The van der Waals surface area contributed by atoms with Gasteiger partial charge in [-0.3, -0.25) is 4.79 Å². The third kappa shape index (κ3) is 4.08. The summed E-state index contributed by atoms with van der Waals surface area (Å²) in [5.41, 5.74) is 1.77. The van der Waals surface area contributed by atoms with E-state index in [0.717, 1.165) is 26.6 Å². The van der Waals surface area contributed by atoms with Gasteiger partial charge in [0.1, 0.15) is 22.9 Å². The van der Waals surface area contributed by atoms with E-state index in [4.69, 9.17) is 9.47 Å². The quantitative estimate of drug-likeness (QED) is 0.491. The molecule has 1 N–H and O–H groups in total. The van der Waals surface area contributed by atoms with Crippen LogP contribution >= 0.6 is 23.1 Å². The van der Waals surface area contributed by atoms with Crippen molar-refractivity contribution < 1.29 is 14.3 Å². The van der Waals surface area contributed by atoms with Crippen LogP contribution in [0.25, 0.3) is 10.2 Å². The molecule has 1 amide bonds. The number of carbonyl (C=O) groups excluding carboxylic acids is 1. The summed E-state index contributed by atoms with van der Waals surface area (Å²) in [6.45, 7) is 1.92. The maximum Gasteiger partial charge on any atom is 0.230 e. The van der Waals surface area contributed by atoms with Crippen LogP contribution in [0, 0.1) is 0 Å². The molecule has 0 aliphatic rings. The highest BCUT2D eigenvalue weighted by Gasteiger charge is 2.16. The smallest absolute Gasteiger partial charge is 0.230 e. The fourth-order valence-electron chi connectivity index (χ4n) is 2.54. The molecule has 26 heavy (non-hydrogen) atoms. The van der Waals surface area contributed by atoms with Gasteiger partial charge < -0.3 is 14.8 Å². The molecule has 0 unspecified atom stereocenters.